The predicted octanol–water partition coefficient (Wildman–Crippen LogP) is 3.47. The van der Waals surface area contributed by atoms with Crippen molar-refractivity contribution >= 4 is 23.1 Å². The SMILES string of the molecule is CNc1c(Cl)ncnc1NC1CCOC2(CCCCC2)C1. The molecule has 2 N–H and O–H groups in total. The first kappa shape index (κ1) is 14.9. The van der Waals surface area contributed by atoms with E-state index in [4.69, 9.17) is 16.3 Å². The van der Waals surface area contributed by atoms with Crippen molar-refractivity contribution in [1.82, 2.24) is 9.97 Å². The zero-order chi connectivity index (χ0) is 14.7. The van der Waals surface area contributed by atoms with Crippen LogP contribution in [0.25, 0.3) is 0 Å². The highest BCUT2D eigenvalue weighted by Crippen LogP contribution is 2.39. The molecular formula is C15H23ClN4O. The zero-order valence-corrected chi connectivity index (χ0v) is 13.2. The summed E-state index contributed by atoms with van der Waals surface area (Å²) in [5.74, 6) is 0.787. The van der Waals surface area contributed by atoms with E-state index in [1.165, 1.54) is 38.4 Å². The van der Waals surface area contributed by atoms with Gasteiger partial charge in [-0.25, -0.2) is 9.97 Å². The van der Waals surface area contributed by atoms with Gasteiger partial charge < -0.3 is 15.4 Å². The van der Waals surface area contributed by atoms with E-state index in [0.717, 1.165) is 31.0 Å². The molecule has 2 fully saturated rings. The predicted molar refractivity (Wildman–Crippen MR) is 85.0 cm³/mol. The first-order valence-corrected chi connectivity index (χ1v) is 8.19. The zero-order valence-electron chi connectivity index (χ0n) is 12.5. The maximum atomic E-state index is 6.14. The Morgan fingerprint density at radius 2 is 2.10 bits per heavy atom. The molecule has 1 aromatic rings. The second kappa shape index (κ2) is 6.36. The quantitative estimate of drug-likeness (QED) is 0.837. The number of rotatable bonds is 3. The van der Waals surface area contributed by atoms with Crippen molar-refractivity contribution in [3.63, 3.8) is 0 Å². The lowest BCUT2D eigenvalue weighted by molar-refractivity contribution is -0.103. The highest BCUT2D eigenvalue weighted by atomic mass is 35.5. The molecule has 1 saturated carbocycles. The Morgan fingerprint density at radius 3 is 2.86 bits per heavy atom. The van der Waals surface area contributed by atoms with Crippen LogP contribution in [0.5, 0.6) is 0 Å². The van der Waals surface area contributed by atoms with Gasteiger partial charge in [0.25, 0.3) is 0 Å². The van der Waals surface area contributed by atoms with Crippen LogP contribution in [0.4, 0.5) is 11.5 Å². The second-order valence-electron chi connectivity index (χ2n) is 6.06. The minimum Gasteiger partial charge on any atom is -0.383 e. The molecule has 1 spiro atoms. The summed E-state index contributed by atoms with van der Waals surface area (Å²) in [5.41, 5.74) is 0.855. The molecule has 2 aliphatic rings. The number of hydrogen-bond donors (Lipinski definition) is 2. The number of halogens is 1. The van der Waals surface area contributed by atoms with Crippen molar-refractivity contribution in [2.75, 3.05) is 24.3 Å². The van der Waals surface area contributed by atoms with Gasteiger partial charge in [0.05, 0.1) is 5.60 Å². The first-order chi connectivity index (χ1) is 10.2. The van der Waals surface area contributed by atoms with E-state index < -0.39 is 0 Å². The fraction of sp³-hybridized carbons (Fsp3) is 0.733. The summed E-state index contributed by atoms with van der Waals surface area (Å²) in [4.78, 5) is 8.34. The molecule has 6 heteroatoms. The molecule has 1 unspecified atom stereocenters. The van der Waals surface area contributed by atoms with Crippen molar-refractivity contribution < 1.29 is 4.74 Å². The number of anilines is 2. The van der Waals surface area contributed by atoms with E-state index >= 15 is 0 Å². The lowest BCUT2D eigenvalue weighted by Crippen LogP contribution is -2.45. The molecule has 2 heterocycles. The van der Waals surface area contributed by atoms with Gasteiger partial charge in [0.15, 0.2) is 11.0 Å². The number of ether oxygens (including phenoxy) is 1. The van der Waals surface area contributed by atoms with Crippen LogP contribution < -0.4 is 10.6 Å². The average Bonchev–Trinajstić information content (AvgIpc) is 2.48. The van der Waals surface area contributed by atoms with Gasteiger partial charge in [0.2, 0.25) is 0 Å². The lowest BCUT2D eigenvalue weighted by atomic mass is 9.78. The number of aromatic nitrogens is 2. The molecule has 21 heavy (non-hydrogen) atoms. The fourth-order valence-corrected chi connectivity index (χ4v) is 3.81. The van der Waals surface area contributed by atoms with Crippen molar-refractivity contribution in [2.45, 2.75) is 56.6 Å². The molecule has 3 rings (SSSR count). The maximum absolute atomic E-state index is 6.14. The van der Waals surface area contributed by atoms with Crippen LogP contribution in [0, 0.1) is 0 Å². The standard InChI is InChI=1S/C15H23ClN4O/c1-17-12-13(16)18-10-19-14(12)20-11-5-8-21-15(9-11)6-3-2-4-7-15/h10-11,17H,2-9H2,1H3,(H,18,19,20). The van der Waals surface area contributed by atoms with Crippen molar-refractivity contribution in [2.24, 2.45) is 0 Å². The monoisotopic (exact) mass is 310 g/mol. The van der Waals surface area contributed by atoms with Crippen LogP contribution in [-0.4, -0.2) is 35.3 Å². The van der Waals surface area contributed by atoms with Gasteiger partial charge in [-0.05, 0) is 25.7 Å². The van der Waals surface area contributed by atoms with Gasteiger partial charge in [-0.2, -0.15) is 0 Å². The Hall–Kier alpha value is -1.07. The van der Waals surface area contributed by atoms with Gasteiger partial charge in [-0.1, -0.05) is 30.9 Å². The van der Waals surface area contributed by atoms with Gasteiger partial charge in [-0.3, -0.25) is 0 Å². The summed E-state index contributed by atoms with van der Waals surface area (Å²) in [6.07, 6.45) is 9.85. The van der Waals surface area contributed by atoms with Gasteiger partial charge >= 0.3 is 0 Å². The molecule has 5 nitrogen and oxygen atoms in total. The summed E-state index contributed by atoms with van der Waals surface area (Å²) < 4.78 is 6.14. The topological polar surface area (TPSA) is 59.1 Å². The third-order valence-electron chi connectivity index (χ3n) is 4.65. The van der Waals surface area contributed by atoms with Gasteiger partial charge in [0, 0.05) is 19.7 Å². The summed E-state index contributed by atoms with van der Waals surface area (Å²) in [7, 11) is 1.84. The molecule has 0 aromatic carbocycles. The van der Waals surface area contributed by atoms with Gasteiger partial charge in [-0.15, -0.1) is 0 Å². The minimum absolute atomic E-state index is 0.0881. The van der Waals surface area contributed by atoms with Crippen LogP contribution in [-0.2, 0) is 4.74 Å². The Morgan fingerprint density at radius 1 is 1.29 bits per heavy atom. The van der Waals surface area contributed by atoms with Crippen LogP contribution in [0.3, 0.4) is 0 Å². The lowest BCUT2D eigenvalue weighted by Gasteiger charge is -2.43. The highest BCUT2D eigenvalue weighted by Gasteiger charge is 2.38. The van der Waals surface area contributed by atoms with Crippen LogP contribution in [0.15, 0.2) is 6.33 Å². The number of nitrogens with zero attached hydrogens (tertiary/aromatic N) is 2. The summed E-state index contributed by atoms with van der Waals surface area (Å²) in [6, 6.07) is 0.384. The molecule has 1 aromatic heterocycles. The molecule has 0 bridgehead atoms. The first-order valence-electron chi connectivity index (χ1n) is 7.81. The summed E-state index contributed by atoms with van der Waals surface area (Å²) >= 11 is 6.11. The van der Waals surface area contributed by atoms with Gasteiger partial charge in [0.1, 0.15) is 12.0 Å². The normalized spacial score (nSPS) is 24.8. The number of hydrogen-bond acceptors (Lipinski definition) is 5. The Kier molecular flexibility index (Phi) is 4.50. The molecule has 0 radical (unpaired) electrons. The van der Waals surface area contributed by atoms with E-state index in [1.807, 2.05) is 7.05 Å². The minimum atomic E-state index is 0.0881. The Bertz CT molecular complexity index is 485. The fourth-order valence-electron chi connectivity index (χ4n) is 3.58. The summed E-state index contributed by atoms with van der Waals surface area (Å²) in [5, 5.41) is 7.06. The maximum Gasteiger partial charge on any atom is 0.157 e. The van der Waals surface area contributed by atoms with E-state index in [1.54, 1.807) is 0 Å². The average molecular weight is 311 g/mol. The van der Waals surface area contributed by atoms with Crippen molar-refractivity contribution in [3.05, 3.63) is 11.5 Å². The van der Waals surface area contributed by atoms with E-state index in [2.05, 4.69) is 20.6 Å². The molecule has 116 valence electrons. The molecule has 1 saturated heterocycles. The van der Waals surface area contributed by atoms with Crippen molar-refractivity contribution in [3.8, 4) is 0 Å². The molecule has 1 aliphatic carbocycles. The van der Waals surface area contributed by atoms with E-state index in [9.17, 15) is 0 Å². The smallest absolute Gasteiger partial charge is 0.157 e. The summed E-state index contributed by atoms with van der Waals surface area (Å²) in [6.45, 7) is 0.825. The molecule has 1 aliphatic heterocycles. The molecule has 1 atom stereocenters. The van der Waals surface area contributed by atoms with Crippen LogP contribution in [0.2, 0.25) is 5.15 Å². The van der Waals surface area contributed by atoms with E-state index in [0.29, 0.717) is 11.2 Å². The Labute approximate surface area is 130 Å². The van der Waals surface area contributed by atoms with E-state index in [-0.39, 0.29) is 5.60 Å². The third kappa shape index (κ3) is 3.24. The second-order valence-corrected chi connectivity index (χ2v) is 6.42. The third-order valence-corrected chi connectivity index (χ3v) is 4.94. The molecule has 0 amide bonds. The number of nitrogens with one attached hydrogen (secondary N) is 2. The highest BCUT2D eigenvalue weighted by molar-refractivity contribution is 6.32. The van der Waals surface area contributed by atoms with Crippen molar-refractivity contribution in [1.29, 1.82) is 0 Å². The van der Waals surface area contributed by atoms with Crippen LogP contribution >= 0.6 is 11.6 Å². The molecular weight excluding hydrogens is 288 g/mol. The Balaban J connectivity index is 1.71. The largest absolute Gasteiger partial charge is 0.383 e. The van der Waals surface area contributed by atoms with Crippen LogP contribution in [0.1, 0.15) is 44.9 Å².